The Balaban J connectivity index is 1.82. The van der Waals surface area contributed by atoms with Gasteiger partial charge in [-0.15, -0.1) is 0 Å². The standard InChI is InChI=1S/C16H21F3N2O/c1-11-3-4-14(12(2)7-11)15(22)20-8-13-5-6-21(9-13)10-16(17,18)19/h3-4,7,13H,5-6,8-10H2,1-2H3,(H,20,22)/t13-/m1/s1. The van der Waals surface area contributed by atoms with Gasteiger partial charge in [0.25, 0.3) is 5.91 Å². The van der Waals surface area contributed by atoms with Crippen molar-refractivity contribution in [2.75, 3.05) is 26.2 Å². The number of nitrogens with zero attached hydrogens (tertiary/aromatic N) is 1. The minimum Gasteiger partial charge on any atom is -0.352 e. The molecule has 22 heavy (non-hydrogen) atoms. The quantitative estimate of drug-likeness (QED) is 0.927. The van der Waals surface area contributed by atoms with Crippen LogP contribution in [-0.4, -0.2) is 43.2 Å². The summed E-state index contributed by atoms with van der Waals surface area (Å²) in [6.45, 7) is 4.20. The van der Waals surface area contributed by atoms with Crippen molar-refractivity contribution in [2.24, 2.45) is 5.92 Å². The number of rotatable bonds is 4. The Morgan fingerprint density at radius 2 is 2.09 bits per heavy atom. The maximum Gasteiger partial charge on any atom is 0.401 e. The highest BCUT2D eigenvalue weighted by Crippen LogP contribution is 2.22. The molecule has 1 saturated heterocycles. The van der Waals surface area contributed by atoms with Crippen LogP contribution >= 0.6 is 0 Å². The molecular formula is C16H21F3N2O. The van der Waals surface area contributed by atoms with Crippen LogP contribution in [0.3, 0.4) is 0 Å². The van der Waals surface area contributed by atoms with Gasteiger partial charge in [0.1, 0.15) is 0 Å². The third-order valence-corrected chi connectivity index (χ3v) is 3.95. The molecule has 0 unspecified atom stereocenters. The van der Waals surface area contributed by atoms with Crippen LogP contribution in [0, 0.1) is 19.8 Å². The second-order valence-electron chi connectivity index (χ2n) is 6.03. The van der Waals surface area contributed by atoms with E-state index in [2.05, 4.69) is 5.32 Å². The zero-order valence-electron chi connectivity index (χ0n) is 12.8. The van der Waals surface area contributed by atoms with Crippen molar-refractivity contribution in [1.29, 1.82) is 0 Å². The van der Waals surface area contributed by atoms with Crippen molar-refractivity contribution < 1.29 is 18.0 Å². The summed E-state index contributed by atoms with van der Waals surface area (Å²) in [7, 11) is 0. The fourth-order valence-corrected chi connectivity index (χ4v) is 2.88. The van der Waals surface area contributed by atoms with E-state index in [4.69, 9.17) is 0 Å². The molecule has 0 radical (unpaired) electrons. The zero-order chi connectivity index (χ0) is 16.3. The molecule has 3 nitrogen and oxygen atoms in total. The van der Waals surface area contributed by atoms with Crippen molar-refractivity contribution in [3.63, 3.8) is 0 Å². The SMILES string of the molecule is Cc1ccc(C(=O)NC[C@H]2CCN(CC(F)(F)F)C2)c(C)c1. The first-order valence-corrected chi connectivity index (χ1v) is 7.39. The van der Waals surface area contributed by atoms with Gasteiger partial charge in [0, 0.05) is 18.7 Å². The zero-order valence-corrected chi connectivity index (χ0v) is 12.8. The Morgan fingerprint density at radius 1 is 1.36 bits per heavy atom. The first kappa shape index (κ1) is 16.8. The molecule has 0 aliphatic carbocycles. The highest BCUT2D eigenvalue weighted by Gasteiger charge is 2.34. The Morgan fingerprint density at radius 3 is 2.73 bits per heavy atom. The van der Waals surface area contributed by atoms with Crippen LogP contribution in [-0.2, 0) is 0 Å². The largest absolute Gasteiger partial charge is 0.401 e. The van der Waals surface area contributed by atoms with E-state index in [9.17, 15) is 18.0 Å². The lowest BCUT2D eigenvalue weighted by atomic mass is 10.0. The molecule has 0 bridgehead atoms. The van der Waals surface area contributed by atoms with Gasteiger partial charge in [-0.2, -0.15) is 13.2 Å². The number of carbonyl (C=O) groups is 1. The van der Waals surface area contributed by atoms with Gasteiger partial charge >= 0.3 is 6.18 Å². The Kier molecular flexibility index (Phi) is 5.11. The average Bonchev–Trinajstić information content (AvgIpc) is 2.81. The lowest BCUT2D eigenvalue weighted by Crippen LogP contribution is -2.34. The van der Waals surface area contributed by atoms with Gasteiger partial charge in [0.2, 0.25) is 0 Å². The summed E-state index contributed by atoms with van der Waals surface area (Å²) >= 11 is 0. The van der Waals surface area contributed by atoms with Crippen molar-refractivity contribution >= 4 is 5.91 Å². The molecule has 122 valence electrons. The second-order valence-corrected chi connectivity index (χ2v) is 6.03. The van der Waals surface area contributed by atoms with Crippen LogP contribution in [0.25, 0.3) is 0 Å². The molecular weight excluding hydrogens is 293 g/mol. The number of aryl methyl sites for hydroxylation is 2. The van der Waals surface area contributed by atoms with E-state index in [1.807, 2.05) is 26.0 Å². The van der Waals surface area contributed by atoms with Crippen LogP contribution in [0.2, 0.25) is 0 Å². The molecule has 1 heterocycles. The lowest BCUT2D eigenvalue weighted by Gasteiger charge is -2.18. The van der Waals surface area contributed by atoms with E-state index in [0.717, 1.165) is 11.1 Å². The lowest BCUT2D eigenvalue weighted by molar-refractivity contribution is -0.143. The first-order chi connectivity index (χ1) is 10.2. The van der Waals surface area contributed by atoms with Crippen LogP contribution in [0.4, 0.5) is 13.2 Å². The fraction of sp³-hybridized carbons (Fsp3) is 0.562. The molecule has 1 aromatic carbocycles. The van der Waals surface area contributed by atoms with Gasteiger partial charge in [-0.3, -0.25) is 9.69 Å². The minimum absolute atomic E-state index is 0.0806. The number of carbonyl (C=O) groups excluding carboxylic acids is 1. The van der Waals surface area contributed by atoms with Crippen LogP contribution in [0.15, 0.2) is 18.2 Å². The number of alkyl halides is 3. The molecule has 0 saturated carbocycles. The predicted molar refractivity (Wildman–Crippen MR) is 78.9 cm³/mol. The van der Waals surface area contributed by atoms with Crippen molar-refractivity contribution in [2.45, 2.75) is 26.4 Å². The highest BCUT2D eigenvalue weighted by atomic mass is 19.4. The molecule has 1 aromatic rings. The van der Waals surface area contributed by atoms with E-state index in [1.165, 1.54) is 4.90 Å². The highest BCUT2D eigenvalue weighted by molar-refractivity contribution is 5.95. The summed E-state index contributed by atoms with van der Waals surface area (Å²) in [6.07, 6.45) is -3.47. The summed E-state index contributed by atoms with van der Waals surface area (Å²) in [6, 6.07) is 5.60. The van der Waals surface area contributed by atoms with Crippen LogP contribution in [0.1, 0.15) is 27.9 Å². The minimum atomic E-state index is -4.16. The van der Waals surface area contributed by atoms with Gasteiger partial charge in [0.05, 0.1) is 6.54 Å². The molecule has 6 heteroatoms. The van der Waals surface area contributed by atoms with Gasteiger partial charge in [0.15, 0.2) is 0 Å². The van der Waals surface area contributed by atoms with E-state index in [1.54, 1.807) is 6.07 Å². The molecule has 0 spiro atoms. The van der Waals surface area contributed by atoms with E-state index in [-0.39, 0.29) is 11.8 Å². The molecule has 0 aromatic heterocycles. The third-order valence-electron chi connectivity index (χ3n) is 3.95. The van der Waals surface area contributed by atoms with Crippen molar-refractivity contribution in [3.8, 4) is 0 Å². The number of nitrogens with one attached hydrogen (secondary N) is 1. The molecule has 1 aliphatic heterocycles. The Bertz CT molecular complexity index is 543. The van der Waals surface area contributed by atoms with E-state index in [0.29, 0.717) is 31.6 Å². The molecule has 1 aliphatic rings. The molecule has 1 amide bonds. The van der Waals surface area contributed by atoms with E-state index < -0.39 is 12.7 Å². The predicted octanol–water partition coefficient (Wildman–Crippen LogP) is 2.92. The Hall–Kier alpha value is -1.56. The molecule has 1 N–H and O–H groups in total. The maximum absolute atomic E-state index is 12.3. The number of amides is 1. The van der Waals surface area contributed by atoms with E-state index >= 15 is 0 Å². The fourth-order valence-electron chi connectivity index (χ4n) is 2.88. The average molecular weight is 314 g/mol. The summed E-state index contributed by atoms with van der Waals surface area (Å²) < 4.78 is 37.0. The van der Waals surface area contributed by atoms with Gasteiger partial charge < -0.3 is 5.32 Å². The smallest absolute Gasteiger partial charge is 0.352 e. The molecule has 1 fully saturated rings. The topological polar surface area (TPSA) is 32.3 Å². The number of benzene rings is 1. The molecule has 2 rings (SSSR count). The number of hydrogen-bond donors (Lipinski definition) is 1. The summed E-state index contributed by atoms with van der Waals surface area (Å²) in [5.74, 6) is -0.0798. The number of halogens is 3. The summed E-state index contributed by atoms with van der Waals surface area (Å²) in [5.41, 5.74) is 2.62. The summed E-state index contributed by atoms with van der Waals surface area (Å²) in [4.78, 5) is 13.5. The maximum atomic E-state index is 12.3. The number of hydrogen-bond acceptors (Lipinski definition) is 2. The normalized spacial score (nSPS) is 19.4. The van der Waals surface area contributed by atoms with Gasteiger partial charge in [-0.25, -0.2) is 0 Å². The second kappa shape index (κ2) is 6.69. The third kappa shape index (κ3) is 4.73. The van der Waals surface area contributed by atoms with Gasteiger partial charge in [-0.1, -0.05) is 17.7 Å². The number of likely N-dealkylation sites (tertiary alicyclic amines) is 1. The van der Waals surface area contributed by atoms with Crippen molar-refractivity contribution in [3.05, 3.63) is 34.9 Å². The Labute approximate surface area is 128 Å². The summed E-state index contributed by atoms with van der Waals surface area (Å²) in [5, 5.41) is 2.84. The molecule has 1 atom stereocenters. The van der Waals surface area contributed by atoms with Crippen LogP contribution in [0.5, 0.6) is 0 Å². The van der Waals surface area contributed by atoms with Gasteiger partial charge in [-0.05, 0) is 44.4 Å². The first-order valence-electron chi connectivity index (χ1n) is 7.39. The monoisotopic (exact) mass is 314 g/mol. The van der Waals surface area contributed by atoms with Crippen LogP contribution < -0.4 is 5.32 Å². The van der Waals surface area contributed by atoms with Crippen molar-refractivity contribution in [1.82, 2.24) is 10.2 Å².